The summed E-state index contributed by atoms with van der Waals surface area (Å²) < 4.78 is 12.5. The minimum atomic E-state index is -1.26. The number of benzene rings is 1. The van der Waals surface area contributed by atoms with Gasteiger partial charge in [0.05, 0.1) is 23.8 Å². The zero-order chi connectivity index (χ0) is 18.5. The van der Waals surface area contributed by atoms with E-state index in [0.717, 1.165) is 30.5 Å². The van der Waals surface area contributed by atoms with Crippen molar-refractivity contribution in [2.75, 3.05) is 22.5 Å². The van der Waals surface area contributed by atoms with Crippen LogP contribution in [0.2, 0.25) is 0 Å². The number of carbonyl (C=O) groups excluding carboxylic acids is 1. The number of hydrogen-bond acceptors (Lipinski definition) is 5. The average Bonchev–Trinajstić information content (AvgIpc) is 2.96. The van der Waals surface area contributed by atoms with Gasteiger partial charge in [-0.2, -0.15) is 0 Å². The van der Waals surface area contributed by atoms with Gasteiger partial charge in [-0.3, -0.25) is 13.9 Å². The summed E-state index contributed by atoms with van der Waals surface area (Å²) in [5.41, 5.74) is 1.84. The van der Waals surface area contributed by atoms with Gasteiger partial charge in [-0.05, 0) is 18.4 Å². The van der Waals surface area contributed by atoms with Gasteiger partial charge in [0.2, 0.25) is 11.1 Å². The van der Waals surface area contributed by atoms with Crippen LogP contribution in [0.25, 0.3) is 0 Å². The Balaban J connectivity index is 1.99. The Labute approximate surface area is 156 Å². The fourth-order valence-electron chi connectivity index (χ4n) is 2.90. The van der Waals surface area contributed by atoms with Gasteiger partial charge >= 0.3 is 0 Å². The summed E-state index contributed by atoms with van der Waals surface area (Å²) in [5, 5.41) is 3.58. The maximum absolute atomic E-state index is 12.6. The molecule has 26 heavy (non-hydrogen) atoms. The molecule has 0 saturated carbocycles. The molecule has 0 saturated heterocycles. The summed E-state index contributed by atoms with van der Waals surface area (Å²) in [6.07, 6.45) is 2.00. The number of fused-ring (bicyclic) bond motifs is 1. The largest absolute Gasteiger partial charge is 0.370 e. The molecule has 138 valence electrons. The molecule has 1 atom stereocenters. The van der Waals surface area contributed by atoms with Crippen molar-refractivity contribution in [2.45, 2.75) is 44.8 Å². The van der Waals surface area contributed by atoms with E-state index in [0.29, 0.717) is 29.1 Å². The first-order valence-electron chi connectivity index (χ1n) is 9.01. The Morgan fingerprint density at radius 3 is 2.62 bits per heavy atom. The molecule has 6 nitrogen and oxygen atoms in total. The molecule has 0 radical (unpaired) electrons. The van der Waals surface area contributed by atoms with Gasteiger partial charge in [-0.15, -0.1) is 0 Å². The molecule has 0 aliphatic carbocycles. The first kappa shape index (κ1) is 18.5. The fourth-order valence-corrected chi connectivity index (χ4v) is 3.83. The molecule has 1 unspecified atom stereocenters. The molecule has 1 aromatic carbocycles. The fraction of sp³-hybridized carbons (Fsp3) is 0.421. The highest BCUT2D eigenvalue weighted by Gasteiger charge is 2.33. The number of rotatable bonds is 8. The number of hydrogen-bond donors (Lipinski definition) is 1. The van der Waals surface area contributed by atoms with Crippen LogP contribution in [0.3, 0.4) is 0 Å². The molecule has 7 heteroatoms. The summed E-state index contributed by atoms with van der Waals surface area (Å²) >= 11 is 0. The van der Waals surface area contributed by atoms with Gasteiger partial charge in [0.25, 0.3) is 0 Å². The standard InChI is InChI=1S/C19H24N4O2S/c1-3-10-20-17-15-12-16(24)23(13-14-8-6-5-7-9-14)18(15)22-19(21-17)26(25)11-4-2/h5-9H,3-4,10-13H2,1-2H3,(H,20,21,22). The van der Waals surface area contributed by atoms with E-state index in [1.807, 2.05) is 37.3 Å². The van der Waals surface area contributed by atoms with E-state index < -0.39 is 10.8 Å². The maximum Gasteiger partial charge on any atom is 0.233 e. The van der Waals surface area contributed by atoms with Crippen LogP contribution in [-0.4, -0.2) is 32.4 Å². The van der Waals surface area contributed by atoms with Crippen molar-refractivity contribution in [3.63, 3.8) is 0 Å². The Morgan fingerprint density at radius 1 is 1.15 bits per heavy atom. The van der Waals surface area contributed by atoms with E-state index in [1.165, 1.54) is 0 Å². The Hall–Kier alpha value is -2.28. The van der Waals surface area contributed by atoms with Crippen molar-refractivity contribution in [2.24, 2.45) is 0 Å². The molecule has 1 aliphatic heterocycles. The van der Waals surface area contributed by atoms with Crippen molar-refractivity contribution in [3.8, 4) is 0 Å². The lowest BCUT2D eigenvalue weighted by Gasteiger charge is -2.18. The zero-order valence-corrected chi connectivity index (χ0v) is 16.0. The molecule has 2 heterocycles. The molecule has 1 N–H and O–H groups in total. The van der Waals surface area contributed by atoms with Gasteiger partial charge in [0.15, 0.2) is 0 Å². The van der Waals surface area contributed by atoms with Crippen LogP contribution in [0.1, 0.15) is 37.8 Å². The normalized spacial score (nSPS) is 14.4. The second kappa shape index (κ2) is 8.40. The summed E-state index contributed by atoms with van der Waals surface area (Å²) in [6, 6.07) is 9.82. The molecule has 0 spiro atoms. The summed E-state index contributed by atoms with van der Waals surface area (Å²) in [7, 11) is -1.26. The third kappa shape index (κ3) is 3.93. The lowest BCUT2D eigenvalue weighted by atomic mass is 10.2. The SMILES string of the molecule is CCCNc1nc(S(=O)CCC)nc2c1CC(=O)N2Cc1ccccc1. The predicted molar refractivity (Wildman–Crippen MR) is 104 cm³/mol. The summed E-state index contributed by atoms with van der Waals surface area (Å²) in [5.74, 6) is 1.74. The van der Waals surface area contributed by atoms with Crippen LogP contribution in [0.5, 0.6) is 0 Å². The van der Waals surface area contributed by atoms with Crippen LogP contribution < -0.4 is 10.2 Å². The number of carbonyl (C=O) groups is 1. The topological polar surface area (TPSA) is 75.2 Å². The Kier molecular flexibility index (Phi) is 5.98. The molecule has 1 amide bonds. The highest BCUT2D eigenvalue weighted by molar-refractivity contribution is 7.84. The van der Waals surface area contributed by atoms with Crippen molar-refractivity contribution >= 4 is 28.3 Å². The zero-order valence-electron chi connectivity index (χ0n) is 15.2. The maximum atomic E-state index is 12.6. The number of nitrogens with one attached hydrogen (secondary N) is 1. The van der Waals surface area contributed by atoms with E-state index in [4.69, 9.17) is 0 Å². The molecular weight excluding hydrogens is 348 g/mol. The number of anilines is 2. The monoisotopic (exact) mass is 372 g/mol. The van der Waals surface area contributed by atoms with Gasteiger partial charge in [0.1, 0.15) is 11.6 Å². The summed E-state index contributed by atoms with van der Waals surface area (Å²) in [6.45, 7) is 5.25. The Morgan fingerprint density at radius 2 is 1.92 bits per heavy atom. The van der Waals surface area contributed by atoms with Crippen molar-refractivity contribution in [3.05, 3.63) is 41.5 Å². The average molecular weight is 372 g/mol. The molecular formula is C19H24N4O2S. The first-order valence-corrected chi connectivity index (χ1v) is 10.3. The minimum absolute atomic E-state index is 0.00359. The highest BCUT2D eigenvalue weighted by atomic mass is 32.2. The summed E-state index contributed by atoms with van der Waals surface area (Å²) in [4.78, 5) is 23.3. The van der Waals surface area contributed by atoms with E-state index in [1.54, 1.807) is 4.90 Å². The van der Waals surface area contributed by atoms with Crippen LogP contribution >= 0.6 is 0 Å². The third-order valence-electron chi connectivity index (χ3n) is 4.17. The number of aromatic nitrogens is 2. The number of nitrogens with zero attached hydrogens (tertiary/aromatic N) is 3. The van der Waals surface area contributed by atoms with Gasteiger partial charge in [-0.25, -0.2) is 9.97 Å². The minimum Gasteiger partial charge on any atom is -0.370 e. The van der Waals surface area contributed by atoms with E-state index in [2.05, 4.69) is 22.2 Å². The molecule has 1 aromatic heterocycles. The number of amides is 1. The van der Waals surface area contributed by atoms with Crippen LogP contribution in [0.4, 0.5) is 11.6 Å². The van der Waals surface area contributed by atoms with Crippen LogP contribution in [-0.2, 0) is 28.6 Å². The van der Waals surface area contributed by atoms with E-state index in [9.17, 15) is 9.00 Å². The second-order valence-electron chi connectivity index (χ2n) is 6.28. The van der Waals surface area contributed by atoms with Gasteiger partial charge in [-0.1, -0.05) is 44.2 Å². The smallest absolute Gasteiger partial charge is 0.233 e. The van der Waals surface area contributed by atoms with Crippen molar-refractivity contribution in [1.82, 2.24) is 9.97 Å². The van der Waals surface area contributed by atoms with Gasteiger partial charge in [0, 0.05) is 17.9 Å². The Bertz CT molecular complexity index is 811. The van der Waals surface area contributed by atoms with Crippen molar-refractivity contribution in [1.29, 1.82) is 0 Å². The molecule has 0 fully saturated rings. The molecule has 3 rings (SSSR count). The molecule has 2 aromatic rings. The lowest BCUT2D eigenvalue weighted by Crippen LogP contribution is -2.27. The highest BCUT2D eigenvalue weighted by Crippen LogP contribution is 2.33. The van der Waals surface area contributed by atoms with Crippen LogP contribution in [0.15, 0.2) is 35.5 Å². The predicted octanol–water partition coefficient (Wildman–Crippen LogP) is 2.91. The molecule has 1 aliphatic rings. The van der Waals surface area contributed by atoms with Crippen LogP contribution in [0, 0.1) is 0 Å². The van der Waals surface area contributed by atoms with Crippen molar-refractivity contribution < 1.29 is 9.00 Å². The van der Waals surface area contributed by atoms with E-state index >= 15 is 0 Å². The van der Waals surface area contributed by atoms with Gasteiger partial charge < -0.3 is 5.32 Å². The first-order chi connectivity index (χ1) is 12.6. The van der Waals surface area contributed by atoms with E-state index in [-0.39, 0.29) is 12.3 Å². The molecule has 0 bridgehead atoms. The lowest BCUT2D eigenvalue weighted by molar-refractivity contribution is -0.117. The quantitative estimate of drug-likeness (QED) is 0.721. The second-order valence-corrected chi connectivity index (χ2v) is 7.74. The third-order valence-corrected chi connectivity index (χ3v) is 5.54.